The maximum atomic E-state index is 13.0. The van der Waals surface area contributed by atoms with Crippen molar-refractivity contribution in [2.75, 3.05) is 19.6 Å². The molecule has 4 heteroatoms. The Hall–Kier alpha value is -1.13. The predicted molar refractivity (Wildman–Crippen MR) is 61.6 cm³/mol. The van der Waals surface area contributed by atoms with E-state index in [0.29, 0.717) is 13.1 Å². The van der Waals surface area contributed by atoms with E-state index in [2.05, 4.69) is 4.90 Å². The third kappa shape index (κ3) is 2.15. The van der Waals surface area contributed by atoms with Gasteiger partial charge in [-0.05, 0) is 25.1 Å². The Labute approximate surface area is 99.8 Å². The molecule has 1 atom stereocenters. The molecule has 0 radical (unpaired) electrons. The third-order valence-corrected chi connectivity index (χ3v) is 3.35. The molecule has 1 saturated heterocycles. The number of ether oxygens (including phenoxy) is 1. The fourth-order valence-corrected chi connectivity index (χ4v) is 2.73. The number of hydrogen-bond acceptors (Lipinski definition) is 3. The van der Waals surface area contributed by atoms with Crippen LogP contribution in [0.25, 0.3) is 0 Å². The molecule has 0 bridgehead atoms. The SMILES string of the molecule is CC1(O)CN(CC2Cc3cc(F)ccc3O2)C1. The van der Waals surface area contributed by atoms with Gasteiger partial charge in [-0.2, -0.15) is 0 Å². The Morgan fingerprint density at radius 1 is 1.53 bits per heavy atom. The van der Waals surface area contributed by atoms with E-state index in [-0.39, 0.29) is 11.9 Å². The highest BCUT2D eigenvalue weighted by atomic mass is 19.1. The molecule has 1 aromatic carbocycles. The van der Waals surface area contributed by atoms with Gasteiger partial charge in [0.25, 0.3) is 0 Å². The number of benzene rings is 1. The minimum absolute atomic E-state index is 0.0860. The van der Waals surface area contributed by atoms with Gasteiger partial charge in [-0.25, -0.2) is 4.39 Å². The highest BCUT2D eigenvalue weighted by molar-refractivity contribution is 5.38. The van der Waals surface area contributed by atoms with E-state index in [4.69, 9.17) is 4.74 Å². The number of rotatable bonds is 2. The normalized spacial score (nSPS) is 26.2. The molecule has 0 aromatic heterocycles. The van der Waals surface area contributed by atoms with Gasteiger partial charge < -0.3 is 9.84 Å². The van der Waals surface area contributed by atoms with Crippen molar-refractivity contribution in [2.45, 2.75) is 25.0 Å². The second-order valence-electron chi connectivity index (χ2n) is 5.36. The van der Waals surface area contributed by atoms with Crippen molar-refractivity contribution in [3.05, 3.63) is 29.6 Å². The average Bonchev–Trinajstić information content (AvgIpc) is 2.56. The van der Waals surface area contributed by atoms with Crippen LogP contribution in [0.2, 0.25) is 0 Å². The Bertz CT molecular complexity index is 439. The number of β-amino-alcohol motifs (C(OH)–C–C–N with tert-alkyl or cyclic N) is 1. The van der Waals surface area contributed by atoms with Crippen LogP contribution in [0.4, 0.5) is 4.39 Å². The van der Waals surface area contributed by atoms with Gasteiger partial charge in [-0.15, -0.1) is 0 Å². The topological polar surface area (TPSA) is 32.7 Å². The molecule has 2 heterocycles. The Kier molecular flexibility index (Phi) is 2.38. The summed E-state index contributed by atoms with van der Waals surface area (Å²) in [6.45, 7) is 4.02. The van der Waals surface area contributed by atoms with Gasteiger partial charge in [0.1, 0.15) is 17.7 Å². The molecule has 1 N–H and O–H groups in total. The lowest BCUT2D eigenvalue weighted by molar-refractivity contribution is -0.0917. The summed E-state index contributed by atoms with van der Waals surface area (Å²) in [7, 11) is 0. The number of hydrogen-bond donors (Lipinski definition) is 1. The zero-order chi connectivity index (χ0) is 12.0. The fourth-order valence-electron chi connectivity index (χ4n) is 2.73. The van der Waals surface area contributed by atoms with Crippen molar-refractivity contribution < 1.29 is 14.2 Å². The smallest absolute Gasteiger partial charge is 0.123 e. The summed E-state index contributed by atoms with van der Waals surface area (Å²) < 4.78 is 18.8. The molecule has 0 amide bonds. The fraction of sp³-hybridized carbons (Fsp3) is 0.538. The average molecular weight is 237 g/mol. The number of nitrogens with zero attached hydrogens (tertiary/aromatic N) is 1. The summed E-state index contributed by atoms with van der Waals surface area (Å²) in [5.74, 6) is 0.587. The minimum Gasteiger partial charge on any atom is -0.488 e. The van der Waals surface area contributed by atoms with Gasteiger partial charge in [0, 0.05) is 31.6 Å². The van der Waals surface area contributed by atoms with Crippen molar-refractivity contribution in [2.24, 2.45) is 0 Å². The van der Waals surface area contributed by atoms with Crippen molar-refractivity contribution in [1.29, 1.82) is 0 Å². The van der Waals surface area contributed by atoms with Gasteiger partial charge >= 0.3 is 0 Å². The number of fused-ring (bicyclic) bond motifs is 1. The summed E-state index contributed by atoms with van der Waals surface area (Å²) >= 11 is 0. The molecular weight excluding hydrogens is 221 g/mol. The van der Waals surface area contributed by atoms with Gasteiger partial charge in [0.05, 0.1) is 5.60 Å². The maximum absolute atomic E-state index is 13.0. The molecule has 3 rings (SSSR count). The first-order valence-electron chi connectivity index (χ1n) is 5.92. The predicted octanol–water partition coefficient (Wildman–Crippen LogP) is 1.20. The van der Waals surface area contributed by atoms with Crippen LogP contribution in [0.15, 0.2) is 18.2 Å². The first kappa shape index (κ1) is 11.0. The second kappa shape index (κ2) is 3.68. The van der Waals surface area contributed by atoms with Crippen molar-refractivity contribution in [1.82, 2.24) is 4.90 Å². The lowest BCUT2D eigenvalue weighted by Gasteiger charge is -2.45. The molecule has 0 spiro atoms. The maximum Gasteiger partial charge on any atom is 0.123 e. The first-order chi connectivity index (χ1) is 8.02. The van der Waals surface area contributed by atoms with Crippen LogP contribution in [-0.2, 0) is 6.42 Å². The van der Waals surface area contributed by atoms with Crippen LogP contribution < -0.4 is 4.74 Å². The van der Waals surface area contributed by atoms with Crippen LogP contribution in [0.3, 0.4) is 0 Å². The molecule has 1 unspecified atom stereocenters. The first-order valence-corrected chi connectivity index (χ1v) is 5.92. The molecule has 17 heavy (non-hydrogen) atoms. The Morgan fingerprint density at radius 3 is 3.00 bits per heavy atom. The number of halogens is 1. The minimum atomic E-state index is -0.544. The molecule has 92 valence electrons. The Balaban J connectivity index is 1.60. The van der Waals surface area contributed by atoms with E-state index < -0.39 is 5.60 Å². The van der Waals surface area contributed by atoms with Gasteiger partial charge in [-0.3, -0.25) is 4.90 Å². The zero-order valence-corrected chi connectivity index (χ0v) is 9.82. The molecule has 0 saturated carbocycles. The summed E-state index contributed by atoms with van der Waals surface area (Å²) in [5.41, 5.74) is 0.402. The molecule has 2 aliphatic heterocycles. The Morgan fingerprint density at radius 2 is 2.29 bits per heavy atom. The molecule has 1 fully saturated rings. The zero-order valence-electron chi connectivity index (χ0n) is 9.82. The van der Waals surface area contributed by atoms with Crippen LogP contribution in [0.5, 0.6) is 5.75 Å². The van der Waals surface area contributed by atoms with E-state index in [0.717, 1.165) is 24.3 Å². The lowest BCUT2D eigenvalue weighted by atomic mass is 9.96. The highest BCUT2D eigenvalue weighted by Crippen LogP contribution is 2.31. The largest absolute Gasteiger partial charge is 0.488 e. The summed E-state index contributed by atoms with van der Waals surface area (Å²) in [5, 5.41) is 9.64. The van der Waals surface area contributed by atoms with Crippen LogP contribution in [-0.4, -0.2) is 41.3 Å². The van der Waals surface area contributed by atoms with Crippen molar-refractivity contribution >= 4 is 0 Å². The van der Waals surface area contributed by atoms with Crippen molar-refractivity contribution in [3.63, 3.8) is 0 Å². The molecular formula is C13H16FNO2. The highest BCUT2D eigenvalue weighted by Gasteiger charge is 2.38. The lowest BCUT2D eigenvalue weighted by Crippen LogP contribution is -2.61. The van der Waals surface area contributed by atoms with Gasteiger partial charge in [0.15, 0.2) is 0 Å². The second-order valence-corrected chi connectivity index (χ2v) is 5.36. The monoisotopic (exact) mass is 237 g/mol. The van der Waals surface area contributed by atoms with E-state index in [9.17, 15) is 9.50 Å². The summed E-state index contributed by atoms with van der Waals surface area (Å²) in [6, 6.07) is 4.66. The number of aliphatic hydroxyl groups is 1. The van der Waals surface area contributed by atoms with Gasteiger partial charge in [0.2, 0.25) is 0 Å². The van der Waals surface area contributed by atoms with Gasteiger partial charge in [-0.1, -0.05) is 0 Å². The van der Waals surface area contributed by atoms with Crippen LogP contribution in [0, 0.1) is 5.82 Å². The van der Waals surface area contributed by atoms with Crippen LogP contribution in [0.1, 0.15) is 12.5 Å². The number of likely N-dealkylation sites (tertiary alicyclic amines) is 1. The summed E-state index contributed by atoms with van der Waals surface area (Å²) in [4.78, 5) is 2.16. The van der Waals surface area contributed by atoms with E-state index >= 15 is 0 Å². The molecule has 1 aromatic rings. The quantitative estimate of drug-likeness (QED) is 0.839. The van der Waals surface area contributed by atoms with E-state index in [1.807, 2.05) is 6.92 Å². The molecule has 3 nitrogen and oxygen atoms in total. The summed E-state index contributed by atoms with van der Waals surface area (Å²) in [6.07, 6.45) is 0.842. The van der Waals surface area contributed by atoms with Crippen molar-refractivity contribution in [3.8, 4) is 5.75 Å². The van der Waals surface area contributed by atoms with E-state index in [1.54, 1.807) is 12.1 Å². The van der Waals surface area contributed by atoms with E-state index in [1.165, 1.54) is 6.07 Å². The standard InChI is InChI=1S/C13H16FNO2/c1-13(16)7-15(8-13)6-11-5-9-4-10(14)2-3-12(9)17-11/h2-4,11,16H,5-8H2,1H3. The molecule has 2 aliphatic rings. The third-order valence-electron chi connectivity index (χ3n) is 3.35. The molecule has 0 aliphatic carbocycles. The van der Waals surface area contributed by atoms with Crippen LogP contribution >= 0.6 is 0 Å².